The number of urea groups is 1. The summed E-state index contributed by atoms with van der Waals surface area (Å²) in [5.74, 6) is -1.26. The number of amides is 3. The molecule has 1 heterocycles. The summed E-state index contributed by atoms with van der Waals surface area (Å²) in [6.45, 7) is 1.35. The highest BCUT2D eigenvalue weighted by atomic mass is 16.4. The maximum Gasteiger partial charge on any atom is 0.321 e. The predicted octanol–water partition coefficient (Wildman–Crippen LogP) is 1.34. The van der Waals surface area contributed by atoms with Gasteiger partial charge < -0.3 is 10.4 Å². The van der Waals surface area contributed by atoms with Crippen LogP contribution in [0.1, 0.15) is 31.2 Å². The van der Waals surface area contributed by atoms with Crippen LogP contribution in [-0.4, -0.2) is 47.0 Å². The van der Waals surface area contributed by atoms with Crippen molar-refractivity contribution in [2.24, 2.45) is 0 Å². The Labute approximate surface area is 141 Å². The molecule has 0 aliphatic carbocycles. The second-order valence-electron chi connectivity index (χ2n) is 5.85. The van der Waals surface area contributed by atoms with Crippen molar-refractivity contribution in [2.45, 2.75) is 38.3 Å². The molecule has 1 saturated heterocycles. The number of nitrogens with zero attached hydrogens (tertiary/aromatic N) is 1. The highest BCUT2D eigenvalue weighted by Gasteiger charge is 2.28. The molecular formula is C17H23N3O4. The number of nitrogens with one attached hydrogen (secondary N) is 2. The van der Waals surface area contributed by atoms with E-state index in [9.17, 15) is 19.5 Å². The number of hydrogen-bond donors (Lipinski definition) is 3. The average Bonchev–Trinajstić information content (AvgIpc) is 2.59. The third kappa shape index (κ3) is 5.66. The lowest BCUT2D eigenvalue weighted by Gasteiger charge is -2.32. The first-order valence-electron chi connectivity index (χ1n) is 8.14. The molecule has 3 amide bonds. The zero-order valence-corrected chi connectivity index (χ0v) is 13.5. The number of piperidine rings is 1. The van der Waals surface area contributed by atoms with Crippen LogP contribution in [-0.2, 0) is 16.1 Å². The van der Waals surface area contributed by atoms with Gasteiger partial charge in [-0.3, -0.25) is 19.8 Å². The van der Waals surface area contributed by atoms with Gasteiger partial charge in [-0.25, -0.2) is 4.79 Å². The molecule has 0 spiro atoms. The first-order chi connectivity index (χ1) is 11.6. The monoisotopic (exact) mass is 333 g/mol. The van der Waals surface area contributed by atoms with E-state index in [2.05, 4.69) is 10.6 Å². The van der Waals surface area contributed by atoms with Crippen molar-refractivity contribution < 1.29 is 19.5 Å². The van der Waals surface area contributed by atoms with Crippen LogP contribution in [0.25, 0.3) is 0 Å². The van der Waals surface area contributed by atoms with Gasteiger partial charge in [0.05, 0.1) is 0 Å². The van der Waals surface area contributed by atoms with E-state index >= 15 is 0 Å². The summed E-state index contributed by atoms with van der Waals surface area (Å²) in [6, 6.07) is 8.32. The van der Waals surface area contributed by atoms with E-state index in [0.717, 1.165) is 18.4 Å². The Morgan fingerprint density at radius 1 is 1.17 bits per heavy atom. The highest BCUT2D eigenvalue weighted by molar-refractivity contribution is 5.94. The quantitative estimate of drug-likeness (QED) is 0.730. The van der Waals surface area contributed by atoms with Crippen LogP contribution < -0.4 is 10.6 Å². The highest BCUT2D eigenvalue weighted by Crippen LogP contribution is 2.17. The molecule has 1 atom stereocenters. The number of likely N-dealkylation sites (tertiary alicyclic amines) is 1. The number of carboxylic acid groups (broad SMARTS) is 1. The number of imide groups is 1. The van der Waals surface area contributed by atoms with E-state index in [1.54, 1.807) is 4.90 Å². The molecule has 7 heteroatoms. The fraction of sp³-hybridized carbons (Fsp3) is 0.471. The van der Waals surface area contributed by atoms with Crippen LogP contribution in [0.5, 0.6) is 0 Å². The minimum Gasteiger partial charge on any atom is -0.480 e. The first kappa shape index (κ1) is 17.9. The summed E-state index contributed by atoms with van der Waals surface area (Å²) in [5.41, 5.74) is 0.942. The zero-order valence-electron chi connectivity index (χ0n) is 13.5. The molecule has 1 aromatic carbocycles. The van der Waals surface area contributed by atoms with E-state index in [4.69, 9.17) is 0 Å². The third-order valence-corrected chi connectivity index (χ3v) is 4.07. The molecule has 1 aliphatic rings. The average molecular weight is 333 g/mol. The molecule has 0 aromatic heterocycles. The zero-order chi connectivity index (χ0) is 17.4. The minimum atomic E-state index is -0.851. The smallest absolute Gasteiger partial charge is 0.321 e. The van der Waals surface area contributed by atoms with Gasteiger partial charge in [-0.1, -0.05) is 36.8 Å². The van der Waals surface area contributed by atoms with Crippen LogP contribution in [0.3, 0.4) is 0 Å². The van der Waals surface area contributed by atoms with Gasteiger partial charge in [0.25, 0.3) is 0 Å². The maximum atomic E-state index is 11.8. The summed E-state index contributed by atoms with van der Waals surface area (Å²) in [4.78, 5) is 36.5. The van der Waals surface area contributed by atoms with Crippen molar-refractivity contribution in [3.63, 3.8) is 0 Å². The molecule has 24 heavy (non-hydrogen) atoms. The summed E-state index contributed by atoms with van der Waals surface area (Å²) in [7, 11) is 0. The number of aliphatic carboxylic acids is 1. The largest absolute Gasteiger partial charge is 0.480 e. The van der Waals surface area contributed by atoms with Crippen molar-refractivity contribution in [3.05, 3.63) is 35.9 Å². The van der Waals surface area contributed by atoms with Gasteiger partial charge in [0.1, 0.15) is 6.04 Å². The fourth-order valence-electron chi connectivity index (χ4n) is 2.79. The second-order valence-corrected chi connectivity index (χ2v) is 5.85. The Hall–Kier alpha value is -2.41. The number of carbonyl (C=O) groups excluding carboxylic acids is 2. The van der Waals surface area contributed by atoms with Gasteiger partial charge in [-0.2, -0.15) is 0 Å². The van der Waals surface area contributed by atoms with Gasteiger partial charge >= 0.3 is 12.0 Å². The summed E-state index contributed by atoms with van der Waals surface area (Å²) < 4.78 is 0. The third-order valence-electron chi connectivity index (χ3n) is 4.07. The topological polar surface area (TPSA) is 98.7 Å². The summed E-state index contributed by atoms with van der Waals surface area (Å²) >= 11 is 0. The number of carboxylic acids is 1. The molecule has 0 saturated carbocycles. The second kappa shape index (κ2) is 9.02. The van der Waals surface area contributed by atoms with Crippen LogP contribution in [0.15, 0.2) is 30.3 Å². The van der Waals surface area contributed by atoms with Crippen molar-refractivity contribution in [2.75, 3.05) is 13.1 Å². The van der Waals surface area contributed by atoms with Gasteiger partial charge in [0, 0.05) is 19.5 Å². The Bertz CT molecular complexity index is 576. The van der Waals surface area contributed by atoms with Gasteiger partial charge in [-0.15, -0.1) is 0 Å². The summed E-state index contributed by atoms with van der Waals surface area (Å²) in [5, 5.41) is 14.1. The Morgan fingerprint density at radius 3 is 2.62 bits per heavy atom. The normalized spacial score (nSPS) is 17.9. The molecule has 1 fully saturated rings. The lowest BCUT2D eigenvalue weighted by molar-refractivity contribution is -0.145. The Kier molecular flexibility index (Phi) is 6.74. The molecule has 0 radical (unpaired) electrons. The molecule has 130 valence electrons. The van der Waals surface area contributed by atoms with E-state index in [1.807, 2.05) is 30.3 Å². The molecule has 1 aromatic rings. The predicted molar refractivity (Wildman–Crippen MR) is 88.3 cm³/mol. The Morgan fingerprint density at radius 2 is 1.92 bits per heavy atom. The van der Waals surface area contributed by atoms with Gasteiger partial charge in [-0.05, 0) is 24.9 Å². The number of benzene rings is 1. The van der Waals surface area contributed by atoms with Gasteiger partial charge in [0.15, 0.2) is 0 Å². The van der Waals surface area contributed by atoms with Crippen LogP contribution >= 0.6 is 0 Å². The van der Waals surface area contributed by atoms with Crippen LogP contribution in [0.4, 0.5) is 4.79 Å². The number of carbonyl (C=O) groups is 3. The molecule has 7 nitrogen and oxygen atoms in total. The summed E-state index contributed by atoms with van der Waals surface area (Å²) in [6.07, 6.45) is 2.53. The van der Waals surface area contributed by atoms with Crippen molar-refractivity contribution in [3.8, 4) is 0 Å². The SMILES string of the molecule is O=C(CCN1CCCCC1C(=O)O)NC(=O)NCc1ccccc1. The van der Waals surface area contributed by atoms with Crippen molar-refractivity contribution in [1.29, 1.82) is 0 Å². The molecule has 1 unspecified atom stereocenters. The Balaban J connectivity index is 1.70. The standard InChI is InChI=1S/C17H23N3O4/c21-15(9-11-20-10-5-4-8-14(20)16(22)23)19-17(24)18-12-13-6-2-1-3-7-13/h1-3,6-7,14H,4-5,8-12H2,(H,22,23)(H2,18,19,21,24). The maximum absolute atomic E-state index is 11.8. The lowest BCUT2D eigenvalue weighted by atomic mass is 10.0. The van der Waals surface area contributed by atoms with Gasteiger partial charge in [0.2, 0.25) is 5.91 Å². The minimum absolute atomic E-state index is 0.0997. The van der Waals surface area contributed by atoms with E-state index in [0.29, 0.717) is 26.1 Å². The van der Waals surface area contributed by atoms with Crippen molar-refractivity contribution >= 4 is 17.9 Å². The van der Waals surface area contributed by atoms with E-state index < -0.39 is 23.9 Å². The molecule has 0 bridgehead atoms. The molecule has 1 aliphatic heterocycles. The van der Waals surface area contributed by atoms with Crippen LogP contribution in [0.2, 0.25) is 0 Å². The molecule has 3 N–H and O–H groups in total. The lowest BCUT2D eigenvalue weighted by Crippen LogP contribution is -2.46. The van der Waals surface area contributed by atoms with Crippen LogP contribution in [0, 0.1) is 0 Å². The number of hydrogen-bond acceptors (Lipinski definition) is 4. The molecular weight excluding hydrogens is 310 g/mol. The van der Waals surface area contributed by atoms with E-state index in [1.165, 1.54) is 0 Å². The van der Waals surface area contributed by atoms with Crippen molar-refractivity contribution in [1.82, 2.24) is 15.5 Å². The van der Waals surface area contributed by atoms with E-state index in [-0.39, 0.29) is 6.42 Å². The first-order valence-corrected chi connectivity index (χ1v) is 8.14. The fourth-order valence-corrected chi connectivity index (χ4v) is 2.79. The number of rotatable bonds is 6. The molecule has 2 rings (SSSR count).